The number of rotatable bonds is 4. The minimum absolute atomic E-state index is 0.0997. The highest BCUT2D eigenvalue weighted by Crippen LogP contribution is 2.26. The number of aryl methyl sites for hydroxylation is 3. The van der Waals surface area contributed by atoms with E-state index in [0.29, 0.717) is 17.8 Å². The molecule has 0 aromatic carbocycles. The van der Waals surface area contributed by atoms with Gasteiger partial charge in [-0.1, -0.05) is 11.2 Å². The van der Waals surface area contributed by atoms with E-state index in [1.165, 1.54) is 29.8 Å². The minimum Gasteiger partial charge on any atom is -0.366 e. The highest BCUT2D eigenvalue weighted by molar-refractivity contribution is 5.27. The van der Waals surface area contributed by atoms with E-state index >= 15 is 0 Å². The smallest absolute Gasteiger partial charge is 0.257 e. The zero-order valence-electron chi connectivity index (χ0n) is 15.2. The van der Waals surface area contributed by atoms with Gasteiger partial charge < -0.3 is 9.26 Å². The summed E-state index contributed by atoms with van der Waals surface area (Å²) < 4.78 is 11.1. The number of aromatic nitrogens is 3. The summed E-state index contributed by atoms with van der Waals surface area (Å²) in [6, 6.07) is 5.07. The third-order valence-corrected chi connectivity index (χ3v) is 5.74. The van der Waals surface area contributed by atoms with E-state index in [4.69, 9.17) is 14.2 Å². The average molecular weight is 355 g/mol. The maximum atomic E-state index is 5.83. The molecule has 0 N–H and O–H groups in total. The van der Waals surface area contributed by atoms with Gasteiger partial charge >= 0.3 is 0 Å². The molecule has 2 saturated heterocycles. The van der Waals surface area contributed by atoms with Crippen molar-refractivity contribution in [2.24, 2.45) is 0 Å². The van der Waals surface area contributed by atoms with Crippen molar-refractivity contribution >= 4 is 0 Å². The van der Waals surface area contributed by atoms with E-state index in [1.807, 2.05) is 6.92 Å². The number of pyridine rings is 1. The van der Waals surface area contributed by atoms with Gasteiger partial charge in [-0.3, -0.25) is 14.8 Å². The second-order valence-corrected chi connectivity index (χ2v) is 7.64. The molecule has 2 aromatic heterocycles. The van der Waals surface area contributed by atoms with Gasteiger partial charge in [0.1, 0.15) is 6.10 Å². The van der Waals surface area contributed by atoms with E-state index in [0.717, 1.165) is 45.8 Å². The van der Waals surface area contributed by atoms with Gasteiger partial charge in [-0.15, -0.1) is 0 Å². The molecule has 2 aliphatic heterocycles. The fraction of sp³-hybridized carbons (Fsp3) is 0.632. The molecule has 7 heteroatoms. The van der Waals surface area contributed by atoms with E-state index < -0.39 is 0 Å². The first-order chi connectivity index (χ1) is 12.7. The Morgan fingerprint density at radius 2 is 2.08 bits per heavy atom. The molecule has 2 fully saturated rings. The second-order valence-electron chi connectivity index (χ2n) is 7.64. The van der Waals surface area contributed by atoms with Crippen molar-refractivity contribution in [2.45, 2.75) is 44.9 Å². The van der Waals surface area contributed by atoms with Gasteiger partial charge in [0.25, 0.3) is 5.89 Å². The monoisotopic (exact) mass is 355 g/mol. The number of hydrogen-bond acceptors (Lipinski definition) is 7. The molecule has 2 aromatic rings. The van der Waals surface area contributed by atoms with Crippen molar-refractivity contribution in [1.82, 2.24) is 24.9 Å². The first kappa shape index (κ1) is 16.4. The summed E-state index contributed by atoms with van der Waals surface area (Å²) in [5, 5.41) is 3.88. The maximum Gasteiger partial charge on any atom is 0.257 e. The largest absolute Gasteiger partial charge is 0.366 e. The van der Waals surface area contributed by atoms with Gasteiger partial charge in [-0.2, -0.15) is 4.98 Å². The van der Waals surface area contributed by atoms with Gasteiger partial charge in [-0.25, -0.2) is 0 Å². The molecule has 0 spiro atoms. The molecule has 3 aliphatic rings. The predicted octanol–water partition coefficient (Wildman–Crippen LogP) is 1.52. The predicted molar refractivity (Wildman–Crippen MR) is 94.6 cm³/mol. The van der Waals surface area contributed by atoms with Crippen LogP contribution in [0.3, 0.4) is 0 Å². The lowest BCUT2D eigenvalue weighted by molar-refractivity contribution is -0.0844. The van der Waals surface area contributed by atoms with Crippen LogP contribution in [0.4, 0.5) is 0 Å². The van der Waals surface area contributed by atoms with Crippen LogP contribution in [-0.4, -0.2) is 63.8 Å². The Morgan fingerprint density at radius 1 is 1.15 bits per heavy atom. The molecule has 7 nitrogen and oxygen atoms in total. The minimum atomic E-state index is -0.0997. The van der Waals surface area contributed by atoms with Gasteiger partial charge in [-0.05, 0) is 37.8 Å². The Hall–Kier alpha value is -1.83. The van der Waals surface area contributed by atoms with Crippen molar-refractivity contribution in [3.63, 3.8) is 0 Å². The van der Waals surface area contributed by atoms with Crippen molar-refractivity contribution in [2.75, 3.05) is 32.8 Å². The van der Waals surface area contributed by atoms with Crippen LogP contribution in [0.15, 0.2) is 16.7 Å². The van der Waals surface area contributed by atoms with Crippen LogP contribution in [0, 0.1) is 6.92 Å². The van der Waals surface area contributed by atoms with Crippen molar-refractivity contribution in [3.05, 3.63) is 40.8 Å². The fourth-order valence-corrected chi connectivity index (χ4v) is 4.28. The Balaban J connectivity index is 1.15. The number of hydrogen-bond donors (Lipinski definition) is 0. The second kappa shape index (κ2) is 6.72. The molecule has 4 heterocycles. The van der Waals surface area contributed by atoms with Gasteiger partial charge in [0.2, 0.25) is 0 Å². The zero-order valence-corrected chi connectivity index (χ0v) is 15.2. The SMILES string of the molecule is Cc1noc(C2CN(C3CN(Cc4ccc5c(n4)CCC5)C3)CCO2)n1. The number of likely N-dealkylation sites (tertiary alicyclic amines) is 1. The summed E-state index contributed by atoms with van der Waals surface area (Å²) in [5.74, 6) is 1.27. The lowest BCUT2D eigenvalue weighted by atomic mass is 10.0. The number of nitrogens with zero attached hydrogens (tertiary/aromatic N) is 5. The normalized spacial score (nSPS) is 24.6. The highest BCUT2D eigenvalue weighted by Gasteiger charge is 2.36. The summed E-state index contributed by atoms with van der Waals surface area (Å²) in [5.41, 5.74) is 3.99. The Morgan fingerprint density at radius 3 is 2.92 bits per heavy atom. The van der Waals surface area contributed by atoms with Gasteiger partial charge in [0, 0.05) is 44.5 Å². The third kappa shape index (κ3) is 3.15. The van der Waals surface area contributed by atoms with Crippen molar-refractivity contribution in [1.29, 1.82) is 0 Å². The Labute approximate surface area is 153 Å². The molecule has 5 rings (SSSR count). The van der Waals surface area contributed by atoms with Crippen LogP contribution in [0.2, 0.25) is 0 Å². The molecule has 0 radical (unpaired) electrons. The van der Waals surface area contributed by atoms with E-state index in [2.05, 4.69) is 32.1 Å². The number of morpholine rings is 1. The maximum absolute atomic E-state index is 5.83. The molecule has 0 bridgehead atoms. The zero-order chi connectivity index (χ0) is 17.5. The molecule has 26 heavy (non-hydrogen) atoms. The summed E-state index contributed by atoms with van der Waals surface area (Å²) in [4.78, 5) is 14.2. The Kier molecular flexibility index (Phi) is 4.23. The molecular weight excluding hydrogens is 330 g/mol. The molecule has 1 unspecified atom stereocenters. The summed E-state index contributed by atoms with van der Waals surface area (Å²) >= 11 is 0. The van der Waals surface area contributed by atoms with Crippen LogP contribution in [0.5, 0.6) is 0 Å². The van der Waals surface area contributed by atoms with Crippen LogP contribution < -0.4 is 0 Å². The summed E-state index contributed by atoms with van der Waals surface area (Å²) in [6.07, 6.45) is 3.51. The molecule has 1 atom stereocenters. The quantitative estimate of drug-likeness (QED) is 0.824. The van der Waals surface area contributed by atoms with Crippen LogP contribution in [0.1, 0.15) is 41.2 Å². The first-order valence-corrected chi connectivity index (χ1v) is 9.60. The first-order valence-electron chi connectivity index (χ1n) is 9.60. The molecular formula is C19H25N5O2. The van der Waals surface area contributed by atoms with E-state index in [9.17, 15) is 0 Å². The van der Waals surface area contributed by atoms with Gasteiger partial charge in [0.15, 0.2) is 5.82 Å². The summed E-state index contributed by atoms with van der Waals surface area (Å²) in [7, 11) is 0. The topological polar surface area (TPSA) is 67.5 Å². The summed E-state index contributed by atoms with van der Waals surface area (Å²) in [6.45, 7) is 7.50. The van der Waals surface area contributed by atoms with Crippen molar-refractivity contribution in [3.8, 4) is 0 Å². The molecule has 0 amide bonds. The van der Waals surface area contributed by atoms with Gasteiger partial charge in [0.05, 0.1) is 12.3 Å². The fourth-order valence-electron chi connectivity index (χ4n) is 4.28. The van der Waals surface area contributed by atoms with Crippen LogP contribution >= 0.6 is 0 Å². The highest BCUT2D eigenvalue weighted by atomic mass is 16.5. The standard InChI is InChI=1S/C19H25N5O2/c1-13-20-19(26-22-13)18-12-24(7-8-25-18)16-10-23(11-16)9-15-6-5-14-3-2-4-17(14)21-15/h5-6,16,18H,2-4,7-12H2,1H3. The molecule has 0 saturated carbocycles. The van der Waals surface area contributed by atoms with Crippen LogP contribution in [-0.2, 0) is 24.1 Å². The Bertz CT molecular complexity index is 786. The van der Waals surface area contributed by atoms with E-state index in [-0.39, 0.29) is 6.10 Å². The third-order valence-electron chi connectivity index (χ3n) is 5.74. The molecule has 138 valence electrons. The van der Waals surface area contributed by atoms with Crippen molar-refractivity contribution < 1.29 is 9.26 Å². The lowest BCUT2D eigenvalue weighted by Crippen LogP contribution is -2.61. The number of ether oxygens (including phenoxy) is 1. The van der Waals surface area contributed by atoms with Crippen LogP contribution in [0.25, 0.3) is 0 Å². The number of fused-ring (bicyclic) bond motifs is 1. The average Bonchev–Trinajstić information content (AvgIpc) is 3.26. The van der Waals surface area contributed by atoms with E-state index in [1.54, 1.807) is 0 Å². The lowest BCUT2D eigenvalue weighted by Gasteiger charge is -2.47. The molecule has 1 aliphatic carbocycles.